The van der Waals surface area contributed by atoms with Gasteiger partial charge >= 0.3 is 0 Å². The van der Waals surface area contributed by atoms with Crippen LogP contribution < -0.4 is 5.32 Å². The van der Waals surface area contributed by atoms with Crippen LogP contribution in [0.15, 0.2) is 12.3 Å². The third-order valence-electron chi connectivity index (χ3n) is 1.95. The lowest BCUT2D eigenvalue weighted by Crippen LogP contribution is -2.11. The van der Waals surface area contributed by atoms with Gasteiger partial charge in [-0.2, -0.15) is 0 Å². The zero-order chi connectivity index (χ0) is 6.69. The molecule has 1 nitrogen and oxygen atoms in total. The third-order valence-corrected chi connectivity index (χ3v) is 1.95. The lowest BCUT2D eigenvalue weighted by molar-refractivity contribution is 0.520. The molecule has 0 amide bonds. The van der Waals surface area contributed by atoms with Crippen molar-refractivity contribution >= 4 is 0 Å². The van der Waals surface area contributed by atoms with E-state index in [2.05, 4.69) is 18.8 Å². The molecule has 0 spiro atoms. The first-order chi connectivity index (χ1) is 4.29. The molecule has 1 heteroatoms. The van der Waals surface area contributed by atoms with E-state index in [9.17, 15) is 0 Å². The highest BCUT2D eigenvalue weighted by Gasteiger charge is 2.06. The molecule has 0 radical (unpaired) electrons. The molecule has 0 bridgehead atoms. The average molecular weight is 125 g/mol. The van der Waals surface area contributed by atoms with Crippen molar-refractivity contribution in [1.29, 1.82) is 0 Å². The third kappa shape index (κ3) is 2.08. The van der Waals surface area contributed by atoms with Gasteiger partial charge in [-0.25, -0.2) is 0 Å². The van der Waals surface area contributed by atoms with Gasteiger partial charge in [0.05, 0.1) is 0 Å². The molecular formula is C8H15N. The predicted octanol–water partition coefficient (Wildman–Crippen LogP) is 1.91. The van der Waals surface area contributed by atoms with Gasteiger partial charge in [-0.3, -0.25) is 0 Å². The van der Waals surface area contributed by atoms with Crippen molar-refractivity contribution in [3.05, 3.63) is 12.3 Å². The van der Waals surface area contributed by atoms with Gasteiger partial charge < -0.3 is 5.32 Å². The minimum atomic E-state index is 0.886. The Morgan fingerprint density at radius 1 is 1.56 bits per heavy atom. The second kappa shape index (κ2) is 2.90. The van der Waals surface area contributed by atoms with E-state index in [-0.39, 0.29) is 0 Å². The molecule has 1 fully saturated rings. The van der Waals surface area contributed by atoms with Gasteiger partial charge in [-0.1, -0.05) is 13.5 Å². The van der Waals surface area contributed by atoms with Crippen LogP contribution in [-0.2, 0) is 0 Å². The number of allylic oxidation sites excluding steroid dienone is 1. The maximum atomic E-state index is 3.90. The Morgan fingerprint density at radius 3 is 3.11 bits per heavy atom. The van der Waals surface area contributed by atoms with Crippen LogP contribution in [0.4, 0.5) is 0 Å². The molecular weight excluding hydrogens is 110 g/mol. The number of nitrogens with one attached hydrogen (secondary N) is 1. The van der Waals surface area contributed by atoms with Crippen molar-refractivity contribution in [2.75, 3.05) is 6.54 Å². The second-order valence-electron chi connectivity index (χ2n) is 2.96. The summed E-state index contributed by atoms with van der Waals surface area (Å²) in [5, 5.41) is 3.28. The number of rotatable bonds is 0. The molecule has 1 rings (SSSR count). The SMILES string of the molecule is C=C1CCC(C)CCN1. The summed E-state index contributed by atoms with van der Waals surface area (Å²) in [4.78, 5) is 0. The van der Waals surface area contributed by atoms with Crippen LogP contribution in [0, 0.1) is 5.92 Å². The van der Waals surface area contributed by atoms with E-state index in [4.69, 9.17) is 0 Å². The minimum Gasteiger partial charge on any atom is -0.389 e. The van der Waals surface area contributed by atoms with Crippen molar-refractivity contribution in [2.24, 2.45) is 5.92 Å². The molecule has 1 aliphatic heterocycles. The maximum Gasteiger partial charge on any atom is 0.0146 e. The molecule has 9 heavy (non-hydrogen) atoms. The monoisotopic (exact) mass is 125 g/mol. The standard InChI is InChI=1S/C8H15N/c1-7-3-4-8(2)9-6-5-7/h7,9H,2-6H2,1H3. The molecule has 1 N–H and O–H groups in total. The zero-order valence-corrected chi connectivity index (χ0v) is 6.11. The quantitative estimate of drug-likeness (QED) is 0.521. The molecule has 1 heterocycles. The van der Waals surface area contributed by atoms with Gasteiger partial charge in [0.15, 0.2) is 0 Å². The Balaban J connectivity index is 2.34. The first-order valence-electron chi connectivity index (χ1n) is 3.70. The molecule has 0 aromatic rings. The molecule has 1 atom stereocenters. The van der Waals surface area contributed by atoms with Crippen LogP contribution >= 0.6 is 0 Å². The summed E-state index contributed by atoms with van der Waals surface area (Å²) in [6.07, 6.45) is 3.78. The number of hydrogen-bond acceptors (Lipinski definition) is 1. The summed E-state index contributed by atoms with van der Waals surface area (Å²) in [5.41, 5.74) is 1.22. The van der Waals surface area contributed by atoms with Crippen molar-refractivity contribution < 1.29 is 0 Å². The van der Waals surface area contributed by atoms with E-state index in [1.807, 2.05) is 0 Å². The van der Waals surface area contributed by atoms with Crippen LogP contribution in [0.5, 0.6) is 0 Å². The highest BCUT2D eigenvalue weighted by Crippen LogP contribution is 2.15. The van der Waals surface area contributed by atoms with Gasteiger partial charge in [0, 0.05) is 12.2 Å². The molecule has 1 saturated heterocycles. The Bertz CT molecular complexity index is 107. The lowest BCUT2D eigenvalue weighted by atomic mass is 10.0. The molecule has 52 valence electrons. The van der Waals surface area contributed by atoms with Crippen LogP contribution in [0.2, 0.25) is 0 Å². The first-order valence-corrected chi connectivity index (χ1v) is 3.70. The van der Waals surface area contributed by atoms with E-state index in [0.717, 1.165) is 12.5 Å². The molecule has 1 unspecified atom stereocenters. The van der Waals surface area contributed by atoms with Crippen molar-refractivity contribution in [2.45, 2.75) is 26.2 Å². The fraction of sp³-hybridized carbons (Fsp3) is 0.750. The van der Waals surface area contributed by atoms with Gasteiger partial charge in [0.1, 0.15) is 0 Å². The summed E-state index contributed by atoms with van der Waals surface area (Å²) in [5.74, 6) is 0.886. The molecule has 0 aliphatic carbocycles. The van der Waals surface area contributed by atoms with Gasteiger partial charge in [0.2, 0.25) is 0 Å². The second-order valence-corrected chi connectivity index (χ2v) is 2.96. The van der Waals surface area contributed by atoms with Crippen molar-refractivity contribution in [3.63, 3.8) is 0 Å². The average Bonchev–Trinajstić information content (AvgIpc) is 1.97. The first kappa shape index (κ1) is 6.66. The van der Waals surface area contributed by atoms with Crippen LogP contribution in [0.3, 0.4) is 0 Å². The van der Waals surface area contributed by atoms with E-state index in [0.29, 0.717) is 0 Å². The lowest BCUT2D eigenvalue weighted by Gasteiger charge is -2.02. The molecule has 0 aromatic heterocycles. The van der Waals surface area contributed by atoms with E-state index in [1.54, 1.807) is 0 Å². The van der Waals surface area contributed by atoms with Gasteiger partial charge in [-0.05, 0) is 25.2 Å². The maximum absolute atomic E-state index is 3.90. The Kier molecular flexibility index (Phi) is 2.15. The van der Waals surface area contributed by atoms with Crippen LogP contribution in [0.1, 0.15) is 26.2 Å². The van der Waals surface area contributed by atoms with E-state index < -0.39 is 0 Å². The minimum absolute atomic E-state index is 0.886. The largest absolute Gasteiger partial charge is 0.389 e. The number of hydrogen-bond donors (Lipinski definition) is 1. The van der Waals surface area contributed by atoms with E-state index >= 15 is 0 Å². The van der Waals surface area contributed by atoms with Gasteiger partial charge in [-0.15, -0.1) is 0 Å². The van der Waals surface area contributed by atoms with Gasteiger partial charge in [0.25, 0.3) is 0 Å². The van der Waals surface area contributed by atoms with Crippen molar-refractivity contribution in [3.8, 4) is 0 Å². The smallest absolute Gasteiger partial charge is 0.0146 e. The summed E-state index contributed by atoms with van der Waals surface area (Å²) < 4.78 is 0. The highest BCUT2D eigenvalue weighted by atomic mass is 14.9. The fourth-order valence-corrected chi connectivity index (χ4v) is 1.15. The normalized spacial score (nSPS) is 29.0. The molecule has 1 aliphatic rings. The molecule has 0 saturated carbocycles. The topological polar surface area (TPSA) is 12.0 Å². The molecule has 0 aromatic carbocycles. The summed E-state index contributed by atoms with van der Waals surface area (Å²) >= 11 is 0. The van der Waals surface area contributed by atoms with Crippen LogP contribution in [0.25, 0.3) is 0 Å². The fourth-order valence-electron chi connectivity index (χ4n) is 1.15. The Hall–Kier alpha value is -0.460. The summed E-state index contributed by atoms with van der Waals surface area (Å²) in [6.45, 7) is 7.33. The Morgan fingerprint density at radius 2 is 2.33 bits per heavy atom. The zero-order valence-electron chi connectivity index (χ0n) is 6.11. The predicted molar refractivity (Wildman–Crippen MR) is 40.2 cm³/mol. The Labute approximate surface area is 57.1 Å². The van der Waals surface area contributed by atoms with Crippen LogP contribution in [-0.4, -0.2) is 6.54 Å². The van der Waals surface area contributed by atoms with Crippen molar-refractivity contribution in [1.82, 2.24) is 5.32 Å². The summed E-state index contributed by atoms with van der Waals surface area (Å²) in [7, 11) is 0. The summed E-state index contributed by atoms with van der Waals surface area (Å²) in [6, 6.07) is 0. The van der Waals surface area contributed by atoms with E-state index in [1.165, 1.54) is 25.0 Å². The highest BCUT2D eigenvalue weighted by molar-refractivity contribution is 4.93.